The average Bonchev–Trinajstić information content (AvgIpc) is 2.56. The molecule has 4 nitrogen and oxygen atoms in total. The van der Waals surface area contributed by atoms with Crippen molar-refractivity contribution >= 4 is 11.2 Å². The Morgan fingerprint density at radius 3 is 2.80 bits per heavy atom. The van der Waals surface area contributed by atoms with Gasteiger partial charge in [-0.25, -0.2) is 15.0 Å². The number of nitrogens with one attached hydrogen (secondary N) is 1. The molecule has 2 rings (SSSR count). The van der Waals surface area contributed by atoms with Gasteiger partial charge < -0.3 is 4.98 Å². The highest BCUT2D eigenvalue weighted by atomic mass is 15.0. The largest absolute Gasteiger partial charge is 0.339 e. The third kappa shape index (κ3) is 2.52. The Kier molecular flexibility index (Phi) is 2.42. The van der Waals surface area contributed by atoms with Gasteiger partial charge in [0.25, 0.3) is 0 Å². The minimum atomic E-state index is 0.338. The third-order valence-corrected chi connectivity index (χ3v) is 2.32. The van der Waals surface area contributed by atoms with E-state index in [2.05, 4.69) is 40.7 Å². The standard InChI is InChI=1S/C11H16N4/c1-11(2,3)5-4-9-14-8-6-12-7-13-10(8)15-9/h6-7H,4-5H2,1-3H3,(H,12,13,14,15). The van der Waals surface area contributed by atoms with E-state index in [1.54, 1.807) is 6.20 Å². The lowest BCUT2D eigenvalue weighted by atomic mass is 9.90. The number of aryl methyl sites for hydroxylation is 1. The van der Waals surface area contributed by atoms with E-state index in [0.29, 0.717) is 5.41 Å². The maximum atomic E-state index is 4.41. The molecule has 2 aromatic heterocycles. The van der Waals surface area contributed by atoms with Crippen LogP contribution in [0.5, 0.6) is 0 Å². The Labute approximate surface area is 89.2 Å². The summed E-state index contributed by atoms with van der Waals surface area (Å²) in [6.45, 7) is 6.69. The van der Waals surface area contributed by atoms with E-state index in [9.17, 15) is 0 Å². The molecule has 4 heteroatoms. The summed E-state index contributed by atoms with van der Waals surface area (Å²) in [5, 5.41) is 0. The van der Waals surface area contributed by atoms with Crippen LogP contribution in [0.4, 0.5) is 0 Å². The minimum absolute atomic E-state index is 0.338. The van der Waals surface area contributed by atoms with E-state index in [0.717, 1.165) is 29.8 Å². The van der Waals surface area contributed by atoms with Crippen LogP contribution < -0.4 is 0 Å². The summed E-state index contributed by atoms with van der Waals surface area (Å²) in [4.78, 5) is 15.7. The second-order valence-corrected chi connectivity index (χ2v) is 5.00. The van der Waals surface area contributed by atoms with Gasteiger partial charge in [0, 0.05) is 6.42 Å². The molecule has 0 bridgehead atoms. The molecule has 0 amide bonds. The minimum Gasteiger partial charge on any atom is -0.339 e. The van der Waals surface area contributed by atoms with Crippen LogP contribution in [0.1, 0.15) is 33.0 Å². The third-order valence-electron chi connectivity index (χ3n) is 2.32. The van der Waals surface area contributed by atoms with Crippen molar-refractivity contribution in [1.29, 1.82) is 0 Å². The number of aromatic nitrogens is 4. The second-order valence-electron chi connectivity index (χ2n) is 5.00. The molecule has 0 saturated heterocycles. The van der Waals surface area contributed by atoms with Gasteiger partial charge in [-0.3, -0.25) is 0 Å². The van der Waals surface area contributed by atoms with E-state index < -0.39 is 0 Å². The zero-order valence-corrected chi connectivity index (χ0v) is 9.41. The monoisotopic (exact) mass is 204 g/mol. The summed E-state index contributed by atoms with van der Waals surface area (Å²) >= 11 is 0. The van der Waals surface area contributed by atoms with Crippen molar-refractivity contribution in [3.05, 3.63) is 18.3 Å². The molecule has 0 aliphatic heterocycles. The zero-order valence-electron chi connectivity index (χ0n) is 9.41. The van der Waals surface area contributed by atoms with Gasteiger partial charge in [-0.05, 0) is 11.8 Å². The van der Waals surface area contributed by atoms with Gasteiger partial charge >= 0.3 is 0 Å². The molecule has 80 valence electrons. The predicted octanol–water partition coefficient (Wildman–Crippen LogP) is 2.33. The molecule has 0 aromatic carbocycles. The van der Waals surface area contributed by atoms with Crippen molar-refractivity contribution in [2.24, 2.45) is 5.41 Å². The highest BCUT2D eigenvalue weighted by Gasteiger charge is 2.12. The Hall–Kier alpha value is -1.45. The predicted molar refractivity (Wildman–Crippen MR) is 59.5 cm³/mol. The van der Waals surface area contributed by atoms with Crippen molar-refractivity contribution in [3.8, 4) is 0 Å². The molecule has 0 saturated carbocycles. The molecule has 0 radical (unpaired) electrons. The van der Waals surface area contributed by atoms with Crippen LogP contribution in [-0.4, -0.2) is 19.9 Å². The normalized spacial score (nSPS) is 12.2. The molecular weight excluding hydrogens is 188 g/mol. The molecule has 0 atom stereocenters. The lowest BCUT2D eigenvalue weighted by Crippen LogP contribution is -2.06. The zero-order chi connectivity index (χ0) is 10.9. The maximum Gasteiger partial charge on any atom is 0.180 e. The molecule has 0 aliphatic rings. The number of nitrogens with zero attached hydrogens (tertiary/aromatic N) is 3. The number of hydrogen-bond acceptors (Lipinski definition) is 3. The van der Waals surface area contributed by atoms with Crippen molar-refractivity contribution < 1.29 is 0 Å². The van der Waals surface area contributed by atoms with Crippen LogP contribution in [0, 0.1) is 5.41 Å². The summed E-state index contributed by atoms with van der Waals surface area (Å²) in [6.07, 6.45) is 5.35. The first-order chi connectivity index (χ1) is 7.04. The van der Waals surface area contributed by atoms with Crippen LogP contribution in [0.2, 0.25) is 0 Å². The SMILES string of the molecule is CC(C)(C)CCc1nc2ncncc2[nH]1. The number of fused-ring (bicyclic) bond motifs is 1. The van der Waals surface area contributed by atoms with Crippen LogP contribution >= 0.6 is 0 Å². The Bertz CT molecular complexity index is 420. The van der Waals surface area contributed by atoms with Crippen LogP contribution in [-0.2, 0) is 6.42 Å². The summed E-state index contributed by atoms with van der Waals surface area (Å²) in [7, 11) is 0. The molecule has 0 unspecified atom stereocenters. The highest BCUT2D eigenvalue weighted by molar-refractivity contribution is 5.68. The number of hydrogen-bond donors (Lipinski definition) is 1. The highest BCUT2D eigenvalue weighted by Crippen LogP contribution is 2.21. The van der Waals surface area contributed by atoms with E-state index in [-0.39, 0.29) is 0 Å². The quantitative estimate of drug-likeness (QED) is 0.816. The molecule has 2 heterocycles. The van der Waals surface area contributed by atoms with E-state index in [1.807, 2.05) is 0 Å². The number of imidazole rings is 1. The average molecular weight is 204 g/mol. The number of H-pyrrole nitrogens is 1. The fraction of sp³-hybridized carbons (Fsp3) is 0.545. The van der Waals surface area contributed by atoms with Gasteiger partial charge in [0.2, 0.25) is 0 Å². The first-order valence-corrected chi connectivity index (χ1v) is 5.19. The van der Waals surface area contributed by atoms with Crippen molar-refractivity contribution in [1.82, 2.24) is 19.9 Å². The molecule has 1 N–H and O–H groups in total. The van der Waals surface area contributed by atoms with Gasteiger partial charge in [-0.1, -0.05) is 20.8 Å². The Morgan fingerprint density at radius 2 is 2.13 bits per heavy atom. The topological polar surface area (TPSA) is 54.5 Å². The number of aromatic amines is 1. The van der Waals surface area contributed by atoms with Gasteiger partial charge in [0.1, 0.15) is 17.7 Å². The molecule has 0 spiro atoms. The van der Waals surface area contributed by atoms with E-state index >= 15 is 0 Å². The molecule has 2 aromatic rings. The van der Waals surface area contributed by atoms with Gasteiger partial charge in [0.05, 0.1) is 6.20 Å². The van der Waals surface area contributed by atoms with Crippen molar-refractivity contribution in [3.63, 3.8) is 0 Å². The number of rotatable bonds is 2. The van der Waals surface area contributed by atoms with Crippen LogP contribution in [0.25, 0.3) is 11.2 Å². The summed E-state index contributed by atoms with van der Waals surface area (Å²) in [5.74, 6) is 1.00. The van der Waals surface area contributed by atoms with Gasteiger partial charge in [-0.15, -0.1) is 0 Å². The van der Waals surface area contributed by atoms with Crippen molar-refractivity contribution in [2.45, 2.75) is 33.6 Å². The smallest absolute Gasteiger partial charge is 0.180 e. The fourth-order valence-corrected chi connectivity index (χ4v) is 1.42. The molecule has 0 aliphatic carbocycles. The van der Waals surface area contributed by atoms with E-state index in [1.165, 1.54) is 6.33 Å². The summed E-state index contributed by atoms with van der Waals surface area (Å²) in [5.41, 5.74) is 2.01. The van der Waals surface area contributed by atoms with Gasteiger partial charge in [0.15, 0.2) is 5.65 Å². The summed E-state index contributed by atoms with van der Waals surface area (Å²) in [6, 6.07) is 0. The first kappa shape index (κ1) is 10.1. The fourth-order valence-electron chi connectivity index (χ4n) is 1.42. The Morgan fingerprint density at radius 1 is 1.33 bits per heavy atom. The Balaban J connectivity index is 2.16. The van der Waals surface area contributed by atoms with E-state index in [4.69, 9.17) is 0 Å². The maximum absolute atomic E-state index is 4.41. The van der Waals surface area contributed by atoms with Gasteiger partial charge in [-0.2, -0.15) is 0 Å². The first-order valence-electron chi connectivity index (χ1n) is 5.19. The van der Waals surface area contributed by atoms with Crippen LogP contribution in [0.3, 0.4) is 0 Å². The van der Waals surface area contributed by atoms with Crippen LogP contribution in [0.15, 0.2) is 12.5 Å². The molecule has 0 fully saturated rings. The van der Waals surface area contributed by atoms with Crippen molar-refractivity contribution in [2.75, 3.05) is 0 Å². The lowest BCUT2D eigenvalue weighted by Gasteiger charge is -2.16. The summed E-state index contributed by atoms with van der Waals surface area (Å²) < 4.78 is 0. The lowest BCUT2D eigenvalue weighted by molar-refractivity contribution is 0.375. The molecular formula is C11H16N4. The second kappa shape index (κ2) is 3.61. The molecule has 15 heavy (non-hydrogen) atoms.